The highest BCUT2D eigenvalue weighted by Gasteiger charge is 2.34. The van der Waals surface area contributed by atoms with Gasteiger partial charge in [-0.25, -0.2) is 8.42 Å². The van der Waals surface area contributed by atoms with Gasteiger partial charge in [0.15, 0.2) is 6.61 Å². The number of fused-ring (bicyclic) bond motifs is 1. The van der Waals surface area contributed by atoms with Gasteiger partial charge in [0.05, 0.1) is 12.8 Å². The van der Waals surface area contributed by atoms with Gasteiger partial charge in [-0.05, 0) is 6.42 Å². The van der Waals surface area contributed by atoms with Crippen molar-refractivity contribution in [2.45, 2.75) is 17.4 Å². The van der Waals surface area contributed by atoms with Gasteiger partial charge in [0.2, 0.25) is 10.0 Å². The summed E-state index contributed by atoms with van der Waals surface area (Å²) in [6, 6.07) is 2.68. The van der Waals surface area contributed by atoms with Crippen molar-refractivity contribution in [1.29, 1.82) is 0 Å². The summed E-state index contributed by atoms with van der Waals surface area (Å²) in [5.41, 5.74) is 6.18. The minimum atomic E-state index is -3.73. The minimum absolute atomic E-state index is 0. The molecule has 0 unspecified atom stereocenters. The Bertz CT molecular complexity index is 725. The van der Waals surface area contributed by atoms with Crippen molar-refractivity contribution in [3.8, 4) is 11.5 Å². The quantitative estimate of drug-likeness (QED) is 0.792. The average Bonchev–Trinajstić information content (AvgIpc) is 2.93. The van der Waals surface area contributed by atoms with Crippen LogP contribution in [-0.2, 0) is 14.8 Å². The number of sulfonamides is 1. The molecule has 1 atom stereocenters. The van der Waals surface area contributed by atoms with E-state index in [2.05, 4.69) is 5.32 Å². The Morgan fingerprint density at radius 1 is 1.43 bits per heavy atom. The fourth-order valence-electron chi connectivity index (χ4n) is 2.56. The molecule has 128 valence electrons. The van der Waals surface area contributed by atoms with E-state index >= 15 is 0 Å². The number of hydrogen-bond acceptors (Lipinski definition) is 6. The van der Waals surface area contributed by atoms with Crippen molar-refractivity contribution in [3.63, 3.8) is 0 Å². The molecule has 2 aliphatic rings. The molecule has 3 N–H and O–H groups in total. The molecule has 0 radical (unpaired) electrons. The standard InChI is InChI=1S/C13H17N3O5S.ClH/c1-20-11-4-9-10(21-7-13(17)15-9)5-12(11)22(18,19)16-3-2-8(14)6-16;/h4-5,8H,2-3,6-7,14H2,1H3,(H,15,17);1H/t8-;/m1./s1. The summed E-state index contributed by atoms with van der Waals surface area (Å²) in [6.07, 6.45) is 0.624. The van der Waals surface area contributed by atoms with E-state index in [9.17, 15) is 13.2 Å². The predicted molar refractivity (Wildman–Crippen MR) is 85.7 cm³/mol. The Morgan fingerprint density at radius 3 is 2.78 bits per heavy atom. The van der Waals surface area contributed by atoms with Crippen molar-refractivity contribution in [2.75, 3.05) is 32.1 Å². The van der Waals surface area contributed by atoms with Gasteiger partial charge in [0, 0.05) is 31.3 Å². The molecule has 1 saturated heterocycles. The number of amides is 1. The molecule has 1 aromatic carbocycles. The van der Waals surface area contributed by atoms with Crippen LogP contribution >= 0.6 is 12.4 Å². The van der Waals surface area contributed by atoms with E-state index < -0.39 is 10.0 Å². The van der Waals surface area contributed by atoms with Gasteiger partial charge >= 0.3 is 0 Å². The number of nitrogens with one attached hydrogen (secondary N) is 1. The molecular formula is C13H18ClN3O5S. The maximum atomic E-state index is 12.8. The molecule has 1 amide bonds. The molecule has 0 bridgehead atoms. The van der Waals surface area contributed by atoms with Crippen LogP contribution in [0, 0.1) is 0 Å². The Balaban J connectivity index is 0.00000192. The van der Waals surface area contributed by atoms with Gasteiger partial charge in [-0.2, -0.15) is 4.31 Å². The van der Waals surface area contributed by atoms with Crippen molar-refractivity contribution in [2.24, 2.45) is 5.73 Å². The topological polar surface area (TPSA) is 111 Å². The monoisotopic (exact) mass is 363 g/mol. The SMILES string of the molecule is COc1cc2c(cc1S(=O)(=O)N1CC[C@@H](N)C1)OCC(=O)N2.Cl. The van der Waals surface area contributed by atoms with Crippen molar-refractivity contribution in [3.05, 3.63) is 12.1 Å². The van der Waals surface area contributed by atoms with Gasteiger partial charge in [0.25, 0.3) is 5.91 Å². The largest absolute Gasteiger partial charge is 0.495 e. The number of rotatable bonds is 3. The zero-order valence-corrected chi connectivity index (χ0v) is 14.1. The van der Waals surface area contributed by atoms with Crippen molar-refractivity contribution < 1.29 is 22.7 Å². The third-order valence-electron chi connectivity index (χ3n) is 3.70. The van der Waals surface area contributed by atoms with Crippen molar-refractivity contribution in [1.82, 2.24) is 4.31 Å². The molecular weight excluding hydrogens is 346 g/mol. The second-order valence-corrected chi connectivity index (χ2v) is 7.15. The molecule has 23 heavy (non-hydrogen) atoms. The van der Waals surface area contributed by atoms with Gasteiger partial charge in [-0.1, -0.05) is 0 Å². The van der Waals surface area contributed by atoms with E-state index in [-0.39, 0.29) is 48.2 Å². The number of nitrogens with zero attached hydrogens (tertiary/aromatic N) is 1. The maximum Gasteiger partial charge on any atom is 0.262 e. The number of anilines is 1. The highest BCUT2D eigenvalue weighted by atomic mass is 35.5. The molecule has 0 aliphatic carbocycles. The smallest absolute Gasteiger partial charge is 0.262 e. The molecule has 0 spiro atoms. The van der Waals surface area contributed by atoms with Gasteiger partial charge in [-0.3, -0.25) is 4.79 Å². The number of nitrogens with two attached hydrogens (primary N) is 1. The third kappa shape index (κ3) is 3.23. The zero-order valence-electron chi connectivity index (χ0n) is 12.4. The maximum absolute atomic E-state index is 12.8. The Kier molecular flexibility index (Phi) is 5.04. The van der Waals surface area contributed by atoms with Crippen LogP contribution in [0.1, 0.15) is 6.42 Å². The number of carbonyl (C=O) groups is 1. The molecule has 2 heterocycles. The Morgan fingerprint density at radius 2 is 2.17 bits per heavy atom. The van der Waals surface area contributed by atoms with Gasteiger partial charge in [-0.15, -0.1) is 12.4 Å². The number of methoxy groups -OCH3 is 1. The first-order chi connectivity index (χ1) is 10.4. The summed E-state index contributed by atoms with van der Waals surface area (Å²) in [5.74, 6) is 0.170. The van der Waals surface area contributed by atoms with Crippen LogP contribution < -0.4 is 20.5 Å². The second kappa shape index (κ2) is 6.52. The molecule has 1 aromatic rings. The van der Waals surface area contributed by atoms with E-state index in [1.807, 2.05) is 0 Å². The van der Waals surface area contributed by atoms with E-state index in [0.29, 0.717) is 24.4 Å². The lowest BCUT2D eigenvalue weighted by molar-refractivity contribution is -0.118. The highest BCUT2D eigenvalue weighted by Crippen LogP contribution is 2.38. The lowest BCUT2D eigenvalue weighted by Crippen LogP contribution is -2.32. The van der Waals surface area contributed by atoms with Crippen molar-refractivity contribution >= 4 is 34.0 Å². The lowest BCUT2D eigenvalue weighted by Gasteiger charge is -2.22. The van der Waals surface area contributed by atoms with Crippen LogP contribution in [0.4, 0.5) is 5.69 Å². The first kappa shape index (κ1) is 17.8. The summed E-state index contributed by atoms with van der Waals surface area (Å²) in [5, 5.41) is 2.62. The van der Waals surface area contributed by atoms with Crippen LogP contribution in [0.3, 0.4) is 0 Å². The summed E-state index contributed by atoms with van der Waals surface area (Å²) >= 11 is 0. The Labute approximate surface area is 140 Å². The van der Waals surface area contributed by atoms with E-state index in [0.717, 1.165) is 0 Å². The molecule has 2 aliphatic heterocycles. The van der Waals surface area contributed by atoms with E-state index in [1.54, 1.807) is 0 Å². The minimum Gasteiger partial charge on any atom is -0.495 e. The fraction of sp³-hybridized carbons (Fsp3) is 0.462. The number of halogens is 1. The lowest BCUT2D eigenvalue weighted by atomic mass is 10.2. The number of hydrogen-bond donors (Lipinski definition) is 2. The van der Waals surface area contributed by atoms with Crippen LogP contribution in [0.25, 0.3) is 0 Å². The predicted octanol–water partition coefficient (Wildman–Crippen LogP) is 0.170. The van der Waals surface area contributed by atoms with Crippen LogP contribution in [0.15, 0.2) is 17.0 Å². The molecule has 1 fully saturated rings. The third-order valence-corrected chi connectivity index (χ3v) is 5.59. The molecule has 0 aromatic heterocycles. The molecule has 0 saturated carbocycles. The van der Waals surface area contributed by atoms with Crippen LogP contribution in [0.2, 0.25) is 0 Å². The van der Waals surface area contributed by atoms with Crippen LogP contribution in [-0.4, -0.2) is 51.5 Å². The number of carbonyl (C=O) groups excluding carboxylic acids is 1. The normalized spacial score (nSPS) is 21.0. The van der Waals surface area contributed by atoms with Crippen LogP contribution in [0.5, 0.6) is 11.5 Å². The first-order valence-electron chi connectivity index (χ1n) is 6.82. The van der Waals surface area contributed by atoms with E-state index in [1.165, 1.54) is 23.5 Å². The summed E-state index contributed by atoms with van der Waals surface area (Å²) in [4.78, 5) is 11.3. The molecule has 8 nitrogen and oxygen atoms in total. The highest BCUT2D eigenvalue weighted by molar-refractivity contribution is 7.89. The zero-order chi connectivity index (χ0) is 15.9. The average molecular weight is 364 g/mol. The molecule has 3 rings (SSSR count). The number of benzene rings is 1. The Hall–Kier alpha value is -1.55. The van der Waals surface area contributed by atoms with Gasteiger partial charge in [0.1, 0.15) is 16.4 Å². The summed E-state index contributed by atoms with van der Waals surface area (Å²) < 4.78 is 37.3. The molecule has 10 heteroatoms. The second-order valence-electron chi connectivity index (χ2n) is 5.25. The summed E-state index contributed by atoms with van der Waals surface area (Å²) in [7, 11) is -2.35. The van der Waals surface area contributed by atoms with Gasteiger partial charge < -0.3 is 20.5 Å². The number of ether oxygens (including phenoxy) is 2. The van der Waals surface area contributed by atoms with E-state index in [4.69, 9.17) is 15.2 Å². The summed E-state index contributed by atoms with van der Waals surface area (Å²) in [6.45, 7) is 0.509. The first-order valence-corrected chi connectivity index (χ1v) is 8.26. The fourth-order valence-corrected chi connectivity index (χ4v) is 4.22.